The SMILES string of the molecule is CCc1cnc(N2CCn3cc(CNS(C)(=O)=O)nc3C2)nc1. The molecule has 0 saturated carbocycles. The summed E-state index contributed by atoms with van der Waals surface area (Å²) in [5, 5.41) is 0. The Hall–Kier alpha value is -2.00. The first kappa shape index (κ1) is 15.9. The van der Waals surface area contributed by atoms with Crippen LogP contribution in [0.2, 0.25) is 0 Å². The fourth-order valence-electron chi connectivity index (χ4n) is 2.47. The molecule has 0 bridgehead atoms. The lowest BCUT2D eigenvalue weighted by molar-refractivity contribution is 0.551. The van der Waals surface area contributed by atoms with Crippen molar-refractivity contribution in [1.82, 2.24) is 24.2 Å². The van der Waals surface area contributed by atoms with E-state index in [1.54, 1.807) is 0 Å². The molecule has 124 valence electrons. The highest BCUT2D eigenvalue weighted by Crippen LogP contribution is 2.17. The predicted octanol–water partition coefficient (Wildman–Crippen LogP) is 0.305. The van der Waals surface area contributed by atoms with Crippen LogP contribution in [0.15, 0.2) is 18.6 Å². The number of imidazole rings is 1. The number of fused-ring (bicyclic) bond motifs is 1. The van der Waals surface area contributed by atoms with E-state index in [9.17, 15) is 8.42 Å². The highest BCUT2D eigenvalue weighted by molar-refractivity contribution is 7.88. The second-order valence-corrected chi connectivity index (χ2v) is 7.43. The van der Waals surface area contributed by atoms with Gasteiger partial charge in [-0.15, -0.1) is 0 Å². The number of hydrogen-bond donors (Lipinski definition) is 1. The molecule has 0 aromatic carbocycles. The summed E-state index contributed by atoms with van der Waals surface area (Å²) in [6.45, 7) is 4.47. The maximum absolute atomic E-state index is 11.2. The number of aryl methyl sites for hydroxylation is 1. The molecule has 23 heavy (non-hydrogen) atoms. The summed E-state index contributed by atoms with van der Waals surface area (Å²) >= 11 is 0. The van der Waals surface area contributed by atoms with Crippen LogP contribution in [0.3, 0.4) is 0 Å². The average molecular weight is 336 g/mol. The molecule has 0 spiro atoms. The molecule has 9 heteroatoms. The van der Waals surface area contributed by atoms with Crippen LogP contribution in [0.5, 0.6) is 0 Å². The summed E-state index contributed by atoms with van der Waals surface area (Å²) < 4.78 is 26.8. The zero-order valence-corrected chi connectivity index (χ0v) is 14.0. The van der Waals surface area contributed by atoms with E-state index in [2.05, 4.69) is 36.1 Å². The third kappa shape index (κ3) is 3.85. The molecule has 0 amide bonds. The van der Waals surface area contributed by atoms with Crippen LogP contribution in [0.25, 0.3) is 0 Å². The van der Waals surface area contributed by atoms with Crippen LogP contribution >= 0.6 is 0 Å². The van der Waals surface area contributed by atoms with Gasteiger partial charge < -0.3 is 9.47 Å². The van der Waals surface area contributed by atoms with Gasteiger partial charge in [-0.25, -0.2) is 28.1 Å². The maximum Gasteiger partial charge on any atom is 0.225 e. The van der Waals surface area contributed by atoms with Crippen LogP contribution < -0.4 is 9.62 Å². The standard InChI is InChI=1S/C14H20N6O2S/c1-3-11-6-15-14(16-7-11)20-5-4-19-9-12(18-13(19)10-20)8-17-23(2,21)22/h6-7,9,17H,3-5,8,10H2,1-2H3. The van der Waals surface area contributed by atoms with Crippen molar-refractivity contribution >= 4 is 16.0 Å². The average Bonchev–Trinajstić information content (AvgIpc) is 2.94. The van der Waals surface area contributed by atoms with Gasteiger partial charge >= 0.3 is 0 Å². The molecule has 3 rings (SSSR count). The fraction of sp³-hybridized carbons (Fsp3) is 0.500. The van der Waals surface area contributed by atoms with E-state index < -0.39 is 10.0 Å². The quantitative estimate of drug-likeness (QED) is 0.844. The highest BCUT2D eigenvalue weighted by Gasteiger charge is 2.20. The smallest absolute Gasteiger partial charge is 0.225 e. The number of aromatic nitrogens is 4. The molecule has 0 saturated heterocycles. The monoisotopic (exact) mass is 336 g/mol. The lowest BCUT2D eigenvalue weighted by Gasteiger charge is -2.27. The molecule has 0 radical (unpaired) electrons. The van der Waals surface area contributed by atoms with E-state index in [1.807, 2.05) is 18.6 Å². The van der Waals surface area contributed by atoms with Gasteiger partial charge in [-0.2, -0.15) is 0 Å². The Balaban J connectivity index is 1.71. The zero-order chi connectivity index (χ0) is 16.4. The Labute approximate surface area is 135 Å². The molecule has 2 aromatic rings. The van der Waals surface area contributed by atoms with Gasteiger partial charge in [0.15, 0.2) is 0 Å². The minimum Gasteiger partial charge on any atom is -0.332 e. The number of anilines is 1. The van der Waals surface area contributed by atoms with Crippen LogP contribution in [0, 0.1) is 0 Å². The van der Waals surface area contributed by atoms with Gasteiger partial charge in [0.1, 0.15) is 5.82 Å². The number of nitrogens with one attached hydrogen (secondary N) is 1. The van der Waals surface area contributed by atoms with Gasteiger partial charge in [-0.1, -0.05) is 6.92 Å². The molecule has 0 atom stereocenters. The Morgan fingerprint density at radius 1 is 1.26 bits per heavy atom. The first-order chi connectivity index (χ1) is 10.9. The Morgan fingerprint density at radius 2 is 2.00 bits per heavy atom. The van der Waals surface area contributed by atoms with E-state index >= 15 is 0 Å². The van der Waals surface area contributed by atoms with Gasteiger partial charge in [0.05, 0.1) is 25.0 Å². The van der Waals surface area contributed by atoms with E-state index in [0.717, 1.165) is 42.8 Å². The van der Waals surface area contributed by atoms with Crippen molar-refractivity contribution in [2.75, 3.05) is 17.7 Å². The van der Waals surface area contributed by atoms with Gasteiger partial charge in [-0.05, 0) is 12.0 Å². The van der Waals surface area contributed by atoms with Crippen LogP contribution in [-0.4, -0.2) is 40.7 Å². The van der Waals surface area contributed by atoms with Crippen LogP contribution in [0.4, 0.5) is 5.95 Å². The Kier molecular flexibility index (Phi) is 4.31. The Morgan fingerprint density at radius 3 is 2.65 bits per heavy atom. The molecule has 1 aliphatic rings. The lowest BCUT2D eigenvalue weighted by Crippen LogP contribution is -2.34. The van der Waals surface area contributed by atoms with Gasteiger partial charge in [0.2, 0.25) is 16.0 Å². The number of sulfonamides is 1. The summed E-state index contributed by atoms with van der Waals surface area (Å²) in [7, 11) is -3.21. The number of nitrogens with zero attached hydrogens (tertiary/aromatic N) is 5. The second kappa shape index (κ2) is 6.25. The molecule has 0 aliphatic carbocycles. The first-order valence-electron chi connectivity index (χ1n) is 7.50. The van der Waals surface area contributed by atoms with Crippen LogP contribution in [0.1, 0.15) is 24.0 Å². The molecule has 1 N–H and O–H groups in total. The normalized spacial score (nSPS) is 14.8. The van der Waals surface area contributed by atoms with E-state index in [4.69, 9.17) is 0 Å². The van der Waals surface area contributed by atoms with Crippen molar-refractivity contribution in [1.29, 1.82) is 0 Å². The molecule has 1 aliphatic heterocycles. The first-order valence-corrected chi connectivity index (χ1v) is 9.39. The maximum atomic E-state index is 11.2. The molecule has 0 fully saturated rings. The third-order valence-corrected chi connectivity index (χ3v) is 4.42. The van der Waals surface area contributed by atoms with Crippen molar-refractivity contribution in [3.8, 4) is 0 Å². The summed E-state index contributed by atoms with van der Waals surface area (Å²) in [4.78, 5) is 15.4. The van der Waals surface area contributed by atoms with Gasteiger partial charge in [-0.3, -0.25) is 0 Å². The molecule has 2 aromatic heterocycles. The minimum absolute atomic E-state index is 0.209. The minimum atomic E-state index is -3.21. The summed E-state index contributed by atoms with van der Waals surface area (Å²) in [5.41, 5.74) is 1.83. The summed E-state index contributed by atoms with van der Waals surface area (Å²) in [6, 6.07) is 0. The summed E-state index contributed by atoms with van der Waals surface area (Å²) in [5.74, 6) is 1.59. The molecular weight excluding hydrogens is 316 g/mol. The highest BCUT2D eigenvalue weighted by atomic mass is 32.2. The topological polar surface area (TPSA) is 93.0 Å². The predicted molar refractivity (Wildman–Crippen MR) is 86.4 cm³/mol. The lowest BCUT2D eigenvalue weighted by atomic mass is 10.3. The zero-order valence-electron chi connectivity index (χ0n) is 13.2. The molecule has 0 unspecified atom stereocenters. The fourth-order valence-corrected chi connectivity index (χ4v) is 2.88. The molecular formula is C14H20N6O2S. The Bertz CT molecular complexity index is 784. The van der Waals surface area contributed by atoms with Crippen molar-refractivity contribution in [3.05, 3.63) is 35.7 Å². The van der Waals surface area contributed by atoms with E-state index in [0.29, 0.717) is 12.5 Å². The van der Waals surface area contributed by atoms with E-state index in [-0.39, 0.29) is 6.54 Å². The van der Waals surface area contributed by atoms with Crippen molar-refractivity contribution < 1.29 is 8.42 Å². The van der Waals surface area contributed by atoms with Gasteiger partial charge in [0.25, 0.3) is 0 Å². The second-order valence-electron chi connectivity index (χ2n) is 5.60. The largest absolute Gasteiger partial charge is 0.332 e. The van der Waals surface area contributed by atoms with Crippen molar-refractivity contribution in [2.45, 2.75) is 33.0 Å². The summed E-state index contributed by atoms with van der Waals surface area (Å²) in [6.07, 6.45) is 7.66. The number of hydrogen-bond acceptors (Lipinski definition) is 6. The van der Waals surface area contributed by atoms with Crippen molar-refractivity contribution in [2.24, 2.45) is 0 Å². The van der Waals surface area contributed by atoms with Crippen molar-refractivity contribution in [3.63, 3.8) is 0 Å². The van der Waals surface area contributed by atoms with Gasteiger partial charge in [0, 0.05) is 31.7 Å². The van der Waals surface area contributed by atoms with Crippen LogP contribution in [-0.2, 0) is 36.1 Å². The third-order valence-electron chi connectivity index (χ3n) is 3.75. The van der Waals surface area contributed by atoms with E-state index in [1.165, 1.54) is 0 Å². The molecule has 8 nitrogen and oxygen atoms in total. The number of rotatable bonds is 5. The molecule has 3 heterocycles.